The molecule has 24 heavy (non-hydrogen) atoms. The van der Waals surface area contributed by atoms with Crippen molar-refractivity contribution < 1.29 is 9.90 Å². The molecular weight excluding hydrogens is 300 g/mol. The molecule has 0 aromatic rings. The predicted molar refractivity (Wildman–Crippen MR) is 103 cm³/mol. The van der Waals surface area contributed by atoms with Gasteiger partial charge in [0.2, 0.25) is 0 Å². The normalized spacial score (nSPS) is 12.4. The molecule has 0 spiro atoms. The van der Waals surface area contributed by atoms with Crippen molar-refractivity contribution in [3.63, 3.8) is 0 Å². The van der Waals surface area contributed by atoms with Crippen molar-refractivity contribution in [3.05, 3.63) is 0 Å². The zero-order valence-electron chi connectivity index (χ0n) is 16.0. The van der Waals surface area contributed by atoms with Crippen LogP contribution in [0.15, 0.2) is 0 Å². The van der Waals surface area contributed by atoms with Gasteiger partial charge in [-0.05, 0) is 6.42 Å². The molecular formula is C20H42N2O2. The van der Waals surface area contributed by atoms with Crippen molar-refractivity contribution in [1.82, 2.24) is 5.32 Å². The van der Waals surface area contributed by atoms with Gasteiger partial charge in [-0.25, -0.2) is 0 Å². The molecule has 0 saturated carbocycles. The summed E-state index contributed by atoms with van der Waals surface area (Å²) in [6.07, 6.45) is 19.3. The van der Waals surface area contributed by atoms with Crippen LogP contribution in [-0.2, 0) is 4.79 Å². The van der Waals surface area contributed by atoms with Crippen LogP contribution in [0.4, 0.5) is 0 Å². The smallest absolute Gasteiger partial charge is 0.320 e. The average molecular weight is 343 g/mol. The van der Waals surface area contributed by atoms with Gasteiger partial charge in [0.1, 0.15) is 6.04 Å². The molecule has 0 aliphatic carbocycles. The molecule has 4 nitrogen and oxygen atoms in total. The second-order valence-electron chi connectivity index (χ2n) is 7.02. The maximum Gasteiger partial charge on any atom is 0.320 e. The molecule has 0 aromatic heterocycles. The molecule has 0 bridgehead atoms. The first-order chi connectivity index (χ1) is 11.7. The second-order valence-corrected chi connectivity index (χ2v) is 7.02. The summed E-state index contributed by atoms with van der Waals surface area (Å²) in [6, 6.07) is -0.425. The zero-order valence-corrected chi connectivity index (χ0v) is 16.0. The number of hydrogen-bond donors (Lipinski definition) is 3. The van der Waals surface area contributed by atoms with Crippen LogP contribution in [0.25, 0.3) is 0 Å². The van der Waals surface area contributed by atoms with Gasteiger partial charge in [-0.2, -0.15) is 0 Å². The van der Waals surface area contributed by atoms with Gasteiger partial charge in [0.05, 0.1) is 0 Å². The second kappa shape index (κ2) is 18.7. The van der Waals surface area contributed by atoms with Gasteiger partial charge in [-0.3, -0.25) is 4.79 Å². The summed E-state index contributed by atoms with van der Waals surface area (Å²) < 4.78 is 0. The Hall–Kier alpha value is -0.610. The van der Waals surface area contributed by atoms with E-state index in [2.05, 4.69) is 12.2 Å². The standard InChI is InChI=1S/C20H42N2O2/c1-2-3-4-5-6-7-8-9-10-11-12-13-14-15-16-19(20(23)24)22-18-17-21/h19,22H,2-18,21H2,1H3,(H,23,24). The fraction of sp³-hybridized carbons (Fsp3) is 0.950. The van der Waals surface area contributed by atoms with E-state index in [1.807, 2.05) is 0 Å². The minimum Gasteiger partial charge on any atom is -0.480 e. The van der Waals surface area contributed by atoms with Crippen LogP contribution in [0.1, 0.15) is 103 Å². The monoisotopic (exact) mass is 342 g/mol. The number of carboxylic acids is 1. The van der Waals surface area contributed by atoms with Gasteiger partial charge >= 0.3 is 5.97 Å². The summed E-state index contributed by atoms with van der Waals surface area (Å²) >= 11 is 0. The lowest BCUT2D eigenvalue weighted by molar-refractivity contribution is -0.139. The Morgan fingerprint density at radius 1 is 0.833 bits per heavy atom. The molecule has 0 saturated heterocycles. The maximum absolute atomic E-state index is 11.1. The van der Waals surface area contributed by atoms with Crippen molar-refractivity contribution in [2.75, 3.05) is 13.1 Å². The van der Waals surface area contributed by atoms with Crippen LogP contribution < -0.4 is 11.1 Å². The summed E-state index contributed by atoms with van der Waals surface area (Å²) in [5, 5.41) is 12.1. The molecule has 0 rings (SSSR count). The van der Waals surface area contributed by atoms with Crippen LogP contribution in [0.2, 0.25) is 0 Å². The summed E-state index contributed by atoms with van der Waals surface area (Å²) in [5.41, 5.74) is 5.40. The van der Waals surface area contributed by atoms with Crippen LogP contribution in [0.5, 0.6) is 0 Å². The van der Waals surface area contributed by atoms with Crippen LogP contribution in [-0.4, -0.2) is 30.2 Å². The Labute approximate surface area is 150 Å². The topological polar surface area (TPSA) is 75.3 Å². The first-order valence-corrected chi connectivity index (χ1v) is 10.4. The minimum absolute atomic E-state index is 0.425. The van der Waals surface area contributed by atoms with Gasteiger partial charge in [-0.1, -0.05) is 96.8 Å². The first kappa shape index (κ1) is 23.4. The molecule has 0 fully saturated rings. The molecule has 1 atom stereocenters. The van der Waals surface area contributed by atoms with Gasteiger partial charge in [0.15, 0.2) is 0 Å². The van der Waals surface area contributed by atoms with Crippen molar-refractivity contribution >= 4 is 5.97 Å². The molecule has 144 valence electrons. The Balaban J connectivity index is 3.25. The Kier molecular flexibility index (Phi) is 18.2. The molecule has 0 aliphatic heterocycles. The van der Waals surface area contributed by atoms with Crippen molar-refractivity contribution in [2.24, 2.45) is 5.73 Å². The Morgan fingerprint density at radius 2 is 1.25 bits per heavy atom. The predicted octanol–water partition coefficient (Wildman–Crippen LogP) is 4.86. The highest BCUT2D eigenvalue weighted by Gasteiger charge is 2.14. The van der Waals surface area contributed by atoms with E-state index in [0.717, 1.165) is 12.8 Å². The molecule has 0 heterocycles. The van der Waals surface area contributed by atoms with E-state index in [4.69, 9.17) is 10.8 Å². The van der Waals surface area contributed by atoms with Crippen LogP contribution >= 0.6 is 0 Å². The summed E-state index contributed by atoms with van der Waals surface area (Å²) in [7, 11) is 0. The number of aliphatic carboxylic acids is 1. The average Bonchev–Trinajstić information content (AvgIpc) is 2.57. The van der Waals surface area contributed by atoms with E-state index >= 15 is 0 Å². The Bertz CT molecular complexity index is 272. The van der Waals surface area contributed by atoms with Crippen molar-refractivity contribution in [1.29, 1.82) is 0 Å². The lowest BCUT2D eigenvalue weighted by Crippen LogP contribution is -2.39. The molecule has 4 heteroatoms. The highest BCUT2D eigenvalue weighted by molar-refractivity contribution is 5.73. The molecule has 0 radical (unpaired) electrons. The maximum atomic E-state index is 11.1. The number of hydrogen-bond acceptors (Lipinski definition) is 3. The lowest BCUT2D eigenvalue weighted by Gasteiger charge is -2.13. The van der Waals surface area contributed by atoms with Crippen LogP contribution in [0, 0.1) is 0 Å². The van der Waals surface area contributed by atoms with Gasteiger partial charge in [0.25, 0.3) is 0 Å². The highest BCUT2D eigenvalue weighted by atomic mass is 16.4. The third-order valence-corrected chi connectivity index (χ3v) is 4.68. The summed E-state index contributed by atoms with van der Waals surface area (Å²) in [6.45, 7) is 3.33. The molecule has 0 aliphatic rings. The fourth-order valence-corrected chi connectivity index (χ4v) is 3.11. The molecule has 1 unspecified atom stereocenters. The van der Waals surface area contributed by atoms with E-state index in [0.29, 0.717) is 19.5 Å². The van der Waals surface area contributed by atoms with E-state index in [1.165, 1.54) is 77.0 Å². The van der Waals surface area contributed by atoms with E-state index < -0.39 is 12.0 Å². The van der Waals surface area contributed by atoms with E-state index in [9.17, 15) is 4.79 Å². The molecule has 0 amide bonds. The quantitative estimate of drug-likeness (QED) is 0.293. The van der Waals surface area contributed by atoms with Crippen LogP contribution in [0.3, 0.4) is 0 Å². The van der Waals surface area contributed by atoms with Gasteiger partial charge in [-0.15, -0.1) is 0 Å². The van der Waals surface area contributed by atoms with Gasteiger partial charge < -0.3 is 16.2 Å². The SMILES string of the molecule is CCCCCCCCCCCCCCCCC(NCCN)C(=O)O. The number of rotatable bonds is 19. The zero-order chi connectivity index (χ0) is 17.9. The molecule has 0 aromatic carbocycles. The third kappa shape index (κ3) is 16.3. The van der Waals surface area contributed by atoms with Crippen molar-refractivity contribution in [2.45, 2.75) is 109 Å². The first-order valence-electron chi connectivity index (χ1n) is 10.4. The highest BCUT2D eigenvalue weighted by Crippen LogP contribution is 2.13. The Morgan fingerprint density at radius 3 is 1.62 bits per heavy atom. The molecule has 4 N–H and O–H groups in total. The summed E-state index contributed by atoms with van der Waals surface area (Å²) in [4.78, 5) is 11.1. The largest absolute Gasteiger partial charge is 0.480 e. The van der Waals surface area contributed by atoms with Gasteiger partial charge in [0, 0.05) is 13.1 Å². The minimum atomic E-state index is -0.752. The number of nitrogens with one attached hydrogen (secondary N) is 1. The number of nitrogens with two attached hydrogens (primary N) is 1. The number of carbonyl (C=O) groups is 1. The number of unbranched alkanes of at least 4 members (excludes halogenated alkanes) is 13. The summed E-state index contributed by atoms with van der Waals surface area (Å²) in [5.74, 6) is -0.752. The van der Waals surface area contributed by atoms with E-state index in [1.54, 1.807) is 0 Å². The number of carboxylic acid groups (broad SMARTS) is 1. The lowest BCUT2D eigenvalue weighted by atomic mass is 10.0. The van der Waals surface area contributed by atoms with E-state index in [-0.39, 0.29) is 0 Å². The third-order valence-electron chi connectivity index (χ3n) is 4.68. The van der Waals surface area contributed by atoms with Crippen molar-refractivity contribution in [3.8, 4) is 0 Å². The fourth-order valence-electron chi connectivity index (χ4n) is 3.11.